The molecule has 30 heavy (non-hydrogen) atoms. The summed E-state index contributed by atoms with van der Waals surface area (Å²) in [5, 5.41) is 2.36. The highest BCUT2D eigenvalue weighted by molar-refractivity contribution is 8.00. The topological polar surface area (TPSA) is 31.4 Å². The number of methoxy groups -OCH3 is 2. The lowest BCUT2D eigenvalue weighted by atomic mass is 10.2. The number of hydrogen-bond donors (Lipinski definition) is 0. The smallest absolute Gasteiger partial charge is 0.118 e. The molecule has 0 saturated carbocycles. The maximum atomic E-state index is 5.25. The van der Waals surface area contributed by atoms with E-state index < -0.39 is 0 Å². The zero-order valence-corrected chi connectivity index (χ0v) is 19.2. The van der Waals surface area contributed by atoms with Crippen molar-refractivity contribution in [1.29, 1.82) is 0 Å². The maximum Gasteiger partial charge on any atom is 0.118 e. The minimum Gasteiger partial charge on any atom is -0.497 e. The number of benzene rings is 3. The molecule has 0 N–H and O–H groups in total. The minimum atomic E-state index is 0.863. The van der Waals surface area contributed by atoms with Crippen molar-refractivity contribution < 1.29 is 9.47 Å². The van der Waals surface area contributed by atoms with Crippen LogP contribution in [0.2, 0.25) is 0 Å². The molecule has 1 aromatic heterocycles. The number of hydrogen-bond acceptors (Lipinski definition) is 5. The number of nitrogens with zero attached hydrogens (tertiary/aromatic N) is 1. The molecule has 1 heterocycles. The van der Waals surface area contributed by atoms with Crippen molar-refractivity contribution in [2.24, 2.45) is 0 Å². The summed E-state index contributed by atoms with van der Waals surface area (Å²) in [4.78, 5) is 9.09. The number of rotatable bonds is 6. The van der Waals surface area contributed by atoms with E-state index in [1.807, 2.05) is 50.5 Å². The SMILES string of the molecule is CC.COc1ccc(Sc2ccc(Sc3ccc(OC)cc3)c3cnccc23)cc1. The quantitative estimate of drug-likeness (QED) is 0.311. The fourth-order valence-corrected chi connectivity index (χ4v) is 4.74. The van der Waals surface area contributed by atoms with Crippen molar-refractivity contribution in [3.8, 4) is 11.5 Å². The van der Waals surface area contributed by atoms with Crippen LogP contribution < -0.4 is 9.47 Å². The third-order valence-electron chi connectivity index (χ3n) is 4.31. The standard InChI is InChI=1S/C23H19NO2S2.C2H6/c1-25-16-3-7-18(8-4-16)27-22-11-12-23(21-15-24-14-13-20(21)22)28-19-9-5-17(26-2)6-10-19;1-2/h3-15H,1-2H3;1-2H3. The number of ether oxygens (including phenoxy) is 2. The molecule has 0 aliphatic rings. The van der Waals surface area contributed by atoms with E-state index in [1.165, 1.54) is 25.0 Å². The second-order valence-corrected chi connectivity index (χ2v) is 8.27. The van der Waals surface area contributed by atoms with Crippen LogP contribution in [0, 0.1) is 0 Å². The van der Waals surface area contributed by atoms with E-state index in [0.29, 0.717) is 0 Å². The van der Waals surface area contributed by atoms with E-state index in [2.05, 4.69) is 47.4 Å². The lowest BCUT2D eigenvalue weighted by Gasteiger charge is -2.11. The minimum absolute atomic E-state index is 0.863. The third kappa shape index (κ3) is 5.29. The molecule has 3 aromatic carbocycles. The van der Waals surface area contributed by atoms with Crippen LogP contribution in [-0.4, -0.2) is 19.2 Å². The van der Waals surface area contributed by atoms with Crippen LogP contribution >= 0.6 is 23.5 Å². The largest absolute Gasteiger partial charge is 0.497 e. The monoisotopic (exact) mass is 435 g/mol. The Morgan fingerprint density at radius 2 is 1.07 bits per heavy atom. The Hall–Kier alpha value is -2.63. The molecule has 0 bridgehead atoms. The van der Waals surface area contributed by atoms with Gasteiger partial charge in [-0.05, 0) is 72.1 Å². The van der Waals surface area contributed by atoms with Crippen molar-refractivity contribution in [3.05, 3.63) is 79.1 Å². The molecule has 0 fully saturated rings. The first-order valence-corrected chi connectivity index (χ1v) is 11.4. The predicted molar refractivity (Wildman–Crippen MR) is 127 cm³/mol. The zero-order valence-electron chi connectivity index (χ0n) is 17.6. The summed E-state index contributed by atoms with van der Waals surface area (Å²) >= 11 is 3.48. The Kier molecular flexibility index (Phi) is 8.05. The van der Waals surface area contributed by atoms with Crippen LogP contribution in [0.3, 0.4) is 0 Å². The molecule has 0 amide bonds. The van der Waals surface area contributed by atoms with Gasteiger partial charge in [0.2, 0.25) is 0 Å². The molecule has 0 aliphatic heterocycles. The molecule has 0 radical (unpaired) electrons. The van der Waals surface area contributed by atoms with E-state index in [9.17, 15) is 0 Å². The lowest BCUT2D eigenvalue weighted by Crippen LogP contribution is -1.85. The Labute approximate surface area is 186 Å². The summed E-state index contributed by atoms with van der Waals surface area (Å²) in [7, 11) is 3.36. The maximum absolute atomic E-state index is 5.25. The molecule has 0 spiro atoms. The van der Waals surface area contributed by atoms with Crippen LogP contribution in [0.25, 0.3) is 10.8 Å². The van der Waals surface area contributed by atoms with Crippen LogP contribution in [0.15, 0.2) is 98.7 Å². The molecule has 0 aliphatic carbocycles. The van der Waals surface area contributed by atoms with Gasteiger partial charge < -0.3 is 9.47 Å². The molecular formula is C25H25NO2S2. The van der Waals surface area contributed by atoms with Crippen molar-refractivity contribution in [2.45, 2.75) is 33.4 Å². The van der Waals surface area contributed by atoms with Gasteiger partial charge >= 0.3 is 0 Å². The highest BCUT2D eigenvalue weighted by atomic mass is 32.2. The predicted octanol–water partition coefficient (Wildman–Crippen LogP) is 7.58. The van der Waals surface area contributed by atoms with Crippen molar-refractivity contribution in [2.75, 3.05) is 14.2 Å². The summed E-state index contributed by atoms with van der Waals surface area (Å²) in [6, 6.07) is 22.7. The summed E-state index contributed by atoms with van der Waals surface area (Å²) in [6.07, 6.45) is 3.79. The van der Waals surface area contributed by atoms with Crippen LogP contribution in [-0.2, 0) is 0 Å². The van der Waals surface area contributed by atoms with Crippen LogP contribution in [0.1, 0.15) is 13.8 Å². The zero-order chi connectivity index (χ0) is 21.3. The fraction of sp³-hybridized carbons (Fsp3) is 0.160. The van der Waals surface area contributed by atoms with Crippen LogP contribution in [0.5, 0.6) is 11.5 Å². The molecule has 0 unspecified atom stereocenters. The number of aromatic nitrogens is 1. The van der Waals surface area contributed by atoms with E-state index in [-0.39, 0.29) is 0 Å². The van der Waals surface area contributed by atoms with E-state index in [1.54, 1.807) is 37.7 Å². The number of fused-ring (bicyclic) bond motifs is 1. The first-order chi connectivity index (χ1) is 14.8. The number of pyridine rings is 1. The summed E-state index contributed by atoms with van der Waals surface area (Å²) in [5.74, 6) is 1.73. The Morgan fingerprint density at radius 1 is 0.600 bits per heavy atom. The molecule has 0 atom stereocenters. The van der Waals surface area contributed by atoms with Gasteiger partial charge in [0, 0.05) is 37.4 Å². The molecule has 5 heteroatoms. The van der Waals surface area contributed by atoms with Crippen LogP contribution in [0.4, 0.5) is 0 Å². The van der Waals surface area contributed by atoms with Gasteiger partial charge in [0.15, 0.2) is 0 Å². The molecular weight excluding hydrogens is 410 g/mol. The molecule has 3 nitrogen and oxygen atoms in total. The second kappa shape index (κ2) is 11.0. The fourth-order valence-electron chi connectivity index (χ4n) is 2.86. The average Bonchev–Trinajstić information content (AvgIpc) is 2.83. The second-order valence-electron chi connectivity index (χ2n) is 6.04. The normalized spacial score (nSPS) is 10.3. The van der Waals surface area contributed by atoms with Crippen molar-refractivity contribution in [3.63, 3.8) is 0 Å². The van der Waals surface area contributed by atoms with Crippen molar-refractivity contribution >= 4 is 34.3 Å². The Morgan fingerprint density at radius 3 is 1.53 bits per heavy atom. The van der Waals surface area contributed by atoms with Gasteiger partial charge in [0.05, 0.1) is 14.2 Å². The summed E-state index contributed by atoms with van der Waals surface area (Å²) in [6.45, 7) is 4.00. The van der Waals surface area contributed by atoms with Gasteiger partial charge in [-0.2, -0.15) is 0 Å². The Bertz CT molecular complexity index is 993. The third-order valence-corrected chi connectivity index (χ3v) is 6.48. The average molecular weight is 436 g/mol. The summed E-state index contributed by atoms with van der Waals surface area (Å²) in [5.41, 5.74) is 0. The van der Waals surface area contributed by atoms with Gasteiger partial charge in [0.1, 0.15) is 11.5 Å². The molecule has 0 saturated heterocycles. The van der Waals surface area contributed by atoms with Gasteiger partial charge in [-0.15, -0.1) is 0 Å². The molecule has 154 valence electrons. The van der Waals surface area contributed by atoms with Gasteiger partial charge in [-0.1, -0.05) is 37.4 Å². The van der Waals surface area contributed by atoms with Crippen molar-refractivity contribution in [1.82, 2.24) is 4.98 Å². The van der Waals surface area contributed by atoms with Gasteiger partial charge in [-0.25, -0.2) is 0 Å². The van der Waals surface area contributed by atoms with E-state index in [0.717, 1.165) is 16.9 Å². The first kappa shape index (κ1) is 22.1. The first-order valence-electron chi connectivity index (χ1n) is 9.77. The van der Waals surface area contributed by atoms with Gasteiger partial charge in [-0.3, -0.25) is 4.98 Å². The highest BCUT2D eigenvalue weighted by Crippen LogP contribution is 2.40. The Balaban J connectivity index is 0.00000124. The molecule has 4 rings (SSSR count). The lowest BCUT2D eigenvalue weighted by molar-refractivity contribution is 0.414. The van der Waals surface area contributed by atoms with E-state index >= 15 is 0 Å². The highest BCUT2D eigenvalue weighted by Gasteiger charge is 2.09. The van der Waals surface area contributed by atoms with Gasteiger partial charge in [0.25, 0.3) is 0 Å². The molecule has 4 aromatic rings. The van der Waals surface area contributed by atoms with E-state index in [4.69, 9.17) is 9.47 Å². The summed E-state index contributed by atoms with van der Waals surface area (Å²) < 4.78 is 10.5.